The van der Waals surface area contributed by atoms with Crippen LogP contribution < -0.4 is 14.4 Å². The highest BCUT2D eigenvalue weighted by Gasteiger charge is 2.30. The number of aromatic nitrogens is 4. The molecule has 4 aromatic rings. The van der Waals surface area contributed by atoms with E-state index in [1.807, 2.05) is 20.8 Å². The predicted octanol–water partition coefficient (Wildman–Crippen LogP) is 3.83. The smallest absolute Gasteiger partial charge is 0.261 e. The van der Waals surface area contributed by atoms with E-state index in [-0.39, 0.29) is 29.6 Å². The molecule has 0 atom stereocenters. The lowest BCUT2D eigenvalue weighted by Gasteiger charge is -2.14. The maximum Gasteiger partial charge on any atom is 0.261 e. The number of imide groups is 1. The van der Waals surface area contributed by atoms with Gasteiger partial charge in [-0.1, -0.05) is 0 Å². The summed E-state index contributed by atoms with van der Waals surface area (Å²) in [6, 6.07) is 13.6. The molecular weight excluding hydrogens is 508 g/mol. The summed E-state index contributed by atoms with van der Waals surface area (Å²) in [7, 11) is -3.90. The molecule has 0 radical (unpaired) electrons. The molecule has 38 heavy (non-hydrogen) atoms. The van der Waals surface area contributed by atoms with Crippen molar-refractivity contribution in [1.82, 2.24) is 19.7 Å². The molecule has 5 rings (SSSR count). The molecule has 3 heterocycles. The van der Waals surface area contributed by atoms with E-state index in [1.54, 1.807) is 35.0 Å². The molecule has 2 amide bonds. The number of aryl methyl sites for hydroxylation is 1. The second-order valence-corrected chi connectivity index (χ2v) is 10.5. The number of rotatable bonds is 7. The van der Waals surface area contributed by atoms with E-state index in [4.69, 9.17) is 4.74 Å². The minimum absolute atomic E-state index is 0.00595. The van der Waals surface area contributed by atoms with Crippen LogP contribution in [-0.4, -0.2) is 40.0 Å². The van der Waals surface area contributed by atoms with Crippen LogP contribution in [0.2, 0.25) is 0 Å². The van der Waals surface area contributed by atoms with Gasteiger partial charge in [0, 0.05) is 30.3 Å². The van der Waals surface area contributed by atoms with Crippen LogP contribution in [0.25, 0.3) is 5.82 Å². The SMILES string of the molecule is Cc1nn(-c2cc(Oc3ccc(NS(=O)(=O)c4ccc(N5C(=O)CCC5=O)cc4)cc3)ncn2)c(C)c1C. The molecule has 12 heteroatoms. The summed E-state index contributed by atoms with van der Waals surface area (Å²) in [4.78, 5) is 33.3. The van der Waals surface area contributed by atoms with Crippen molar-refractivity contribution in [3.05, 3.63) is 77.9 Å². The summed E-state index contributed by atoms with van der Waals surface area (Å²) >= 11 is 0. The summed E-state index contributed by atoms with van der Waals surface area (Å²) in [5.74, 6) is 0.726. The Hall–Kier alpha value is -4.58. The van der Waals surface area contributed by atoms with E-state index in [0.29, 0.717) is 28.8 Å². The van der Waals surface area contributed by atoms with Crippen LogP contribution in [0.15, 0.2) is 65.8 Å². The second kappa shape index (κ2) is 9.71. The van der Waals surface area contributed by atoms with E-state index in [9.17, 15) is 18.0 Å². The first-order valence-electron chi connectivity index (χ1n) is 11.7. The monoisotopic (exact) mass is 532 g/mol. The van der Waals surface area contributed by atoms with Gasteiger partial charge >= 0.3 is 0 Å². The van der Waals surface area contributed by atoms with Crippen LogP contribution in [0.5, 0.6) is 11.6 Å². The van der Waals surface area contributed by atoms with Gasteiger partial charge in [-0.3, -0.25) is 19.2 Å². The van der Waals surface area contributed by atoms with Crippen molar-refractivity contribution in [1.29, 1.82) is 0 Å². The Bertz CT molecular complexity index is 1630. The Morgan fingerprint density at radius 2 is 1.55 bits per heavy atom. The van der Waals surface area contributed by atoms with Crippen molar-refractivity contribution in [3.63, 3.8) is 0 Å². The first kappa shape index (κ1) is 25.1. The minimum Gasteiger partial charge on any atom is -0.439 e. The number of benzene rings is 2. The number of amides is 2. The van der Waals surface area contributed by atoms with Crippen molar-refractivity contribution in [2.45, 2.75) is 38.5 Å². The van der Waals surface area contributed by atoms with Gasteiger partial charge < -0.3 is 4.74 Å². The molecule has 0 spiro atoms. The second-order valence-electron chi connectivity index (χ2n) is 8.77. The Labute approximate surface area is 219 Å². The molecule has 1 aliphatic heterocycles. The van der Waals surface area contributed by atoms with Gasteiger partial charge in [0.25, 0.3) is 10.0 Å². The molecule has 1 saturated heterocycles. The largest absolute Gasteiger partial charge is 0.439 e. The van der Waals surface area contributed by atoms with E-state index >= 15 is 0 Å². The lowest BCUT2D eigenvalue weighted by Crippen LogP contribution is -2.28. The van der Waals surface area contributed by atoms with E-state index in [0.717, 1.165) is 21.9 Å². The zero-order valence-corrected chi connectivity index (χ0v) is 21.7. The van der Waals surface area contributed by atoms with Gasteiger partial charge in [0.05, 0.1) is 16.3 Å². The molecule has 2 aromatic carbocycles. The molecular formula is C26H24N6O5S. The van der Waals surface area contributed by atoms with Crippen molar-refractivity contribution >= 4 is 33.2 Å². The zero-order chi connectivity index (χ0) is 27.0. The van der Waals surface area contributed by atoms with Crippen molar-refractivity contribution in [2.75, 3.05) is 9.62 Å². The third-order valence-corrected chi connectivity index (χ3v) is 7.68. The Balaban J connectivity index is 1.27. The molecule has 194 valence electrons. The van der Waals surface area contributed by atoms with Crippen LogP contribution in [0.1, 0.15) is 29.8 Å². The number of nitrogens with one attached hydrogen (secondary N) is 1. The van der Waals surface area contributed by atoms with Gasteiger partial charge in [0.15, 0.2) is 5.82 Å². The van der Waals surface area contributed by atoms with Crippen LogP contribution in [0, 0.1) is 20.8 Å². The van der Waals surface area contributed by atoms with Gasteiger partial charge in [-0.05, 0) is 74.9 Å². The Kier molecular flexibility index (Phi) is 6.41. The molecule has 1 aliphatic rings. The summed E-state index contributed by atoms with van der Waals surface area (Å²) in [6.45, 7) is 5.89. The van der Waals surface area contributed by atoms with E-state index in [2.05, 4.69) is 19.8 Å². The minimum atomic E-state index is -3.90. The number of nitrogens with zero attached hydrogens (tertiary/aromatic N) is 5. The fourth-order valence-corrected chi connectivity index (χ4v) is 5.07. The van der Waals surface area contributed by atoms with Crippen LogP contribution in [-0.2, 0) is 19.6 Å². The van der Waals surface area contributed by atoms with Gasteiger partial charge in [-0.2, -0.15) is 5.10 Å². The molecule has 0 saturated carbocycles. The summed E-state index contributed by atoms with van der Waals surface area (Å²) in [5, 5.41) is 4.50. The van der Waals surface area contributed by atoms with Gasteiger partial charge in [-0.25, -0.2) is 23.1 Å². The molecule has 2 aromatic heterocycles. The summed E-state index contributed by atoms with van der Waals surface area (Å²) in [5.41, 5.74) is 3.63. The lowest BCUT2D eigenvalue weighted by atomic mass is 10.2. The first-order valence-corrected chi connectivity index (χ1v) is 13.2. The number of carbonyl (C=O) groups is 2. The first-order chi connectivity index (χ1) is 18.1. The molecule has 0 aliphatic carbocycles. The average molecular weight is 533 g/mol. The molecule has 0 bridgehead atoms. The van der Waals surface area contributed by atoms with Crippen molar-refractivity contribution in [2.24, 2.45) is 0 Å². The van der Waals surface area contributed by atoms with Crippen molar-refractivity contribution < 1.29 is 22.7 Å². The van der Waals surface area contributed by atoms with Gasteiger partial charge in [0.2, 0.25) is 17.7 Å². The highest BCUT2D eigenvalue weighted by Crippen LogP contribution is 2.27. The summed E-state index contributed by atoms with van der Waals surface area (Å²) in [6.07, 6.45) is 1.70. The van der Waals surface area contributed by atoms with Crippen LogP contribution >= 0.6 is 0 Å². The van der Waals surface area contributed by atoms with Crippen LogP contribution in [0.3, 0.4) is 0 Å². The topological polar surface area (TPSA) is 136 Å². The fourth-order valence-electron chi connectivity index (χ4n) is 4.01. The number of sulfonamides is 1. The third-order valence-electron chi connectivity index (χ3n) is 6.28. The number of ether oxygens (including phenoxy) is 1. The maximum atomic E-state index is 12.8. The number of carbonyl (C=O) groups excluding carboxylic acids is 2. The zero-order valence-electron chi connectivity index (χ0n) is 20.9. The quantitative estimate of drug-likeness (QED) is 0.355. The molecule has 1 fully saturated rings. The highest BCUT2D eigenvalue weighted by molar-refractivity contribution is 7.92. The number of anilines is 2. The Morgan fingerprint density at radius 3 is 2.16 bits per heavy atom. The van der Waals surface area contributed by atoms with E-state index < -0.39 is 10.0 Å². The highest BCUT2D eigenvalue weighted by atomic mass is 32.2. The Morgan fingerprint density at radius 1 is 0.895 bits per heavy atom. The maximum absolute atomic E-state index is 12.8. The average Bonchev–Trinajstić information content (AvgIpc) is 3.37. The standard InChI is InChI=1S/C26H24N6O5S/c1-16-17(2)29-32(18(16)3)23-14-24(28-15-27-23)37-21-8-4-19(5-9-21)30-38(35,36)22-10-6-20(7-11-22)31-25(33)12-13-26(31)34/h4-11,14-15,30H,12-13H2,1-3H3. The lowest BCUT2D eigenvalue weighted by molar-refractivity contribution is -0.121. The van der Waals surface area contributed by atoms with Crippen LogP contribution in [0.4, 0.5) is 11.4 Å². The van der Waals surface area contributed by atoms with E-state index in [1.165, 1.54) is 30.6 Å². The normalized spacial score (nSPS) is 13.7. The predicted molar refractivity (Wildman–Crippen MR) is 139 cm³/mol. The third kappa shape index (κ3) is 4.85. The molecule has 0 unspecified atom stereocenters. The molecule has 11 nitrogen and oxygen atoms in total. The van der Waals surface area contributed by atoms with Crippen molar-refractivity contribution in [3.8, 4) is 17.4 Å². The number of hydrogen-bond donors (Lipinski definition) is 1. The summed E-state index contributed by atoms with van der Waals surface area (Å²) < 4.78 is 35.8. The molecule has 1 N–H and O–H groups in total. The number of hydrogen-bond acceptors (Lipinski definition) is 8. The fraction of sp³-hybridized carbons (Fsp3) is 0.192. The van der Waals surface area contributed by atoms with Gasteiger partial charge in [-0.15, -0.1) is 0 Å². The van der Waals surface area contributed by atoms with Gasteiger partial charge in [0.1, 0.15) is 12.1 Å².